The molecule has 11 heteroatoms. The smallest absolute Gasteiger partial charge is 0.306 e. The van der Waals surface area contributed by atoms with Crippen molar-refractivity contribution < 1.29 is 23.9 Å². The minimum atomic E-state index is -0.564. The summed E-state index contributed by atoms with van der Waals surface area (Å²) in [5.74, 6) is 6.42. The number of aromatic amines is 1. The van der Waals surface area contributed by atoms with Gasteiger partial charge in [-0.1, -0.05) is 63.8 Å². The maximum Gasteiger partial charge on any atom is 0.306 e. The predicted octanol–water partition coefficient (Wildman–Crippen LogP) is 7.09. The number of ether oxygens (including phenoxy) is 1. The van der Waals surface area contributed by atoms with Crippen molar-refractivity contribution in [1.29, 1.82) is 0 Å². The van der Waals surface area contributed by atoms with Crippen LogP contribution in [0, 0.1) is 40.4 Å². The van der Waals surface area contributed by atoms with Crippen molar-refractivity contribution >= 4 is 35.0 Å². The molecule has 2 saturated heterocycles. The SMILES string of the molecule is COC(=O)C[C@H](C(=O)N1CC2(CC2)CC1C1=NC=C(c2ccc(C#Cc3ccc(-c4cnc(C5CC6(CC6)CN5C(=O)[C@@H](NC(C)=O)C(C)C)[nH]4)cc3)cc2)C1)C(C)C. The number of nitrogens with zero attached hydrogens (tertiary/aromatic N) is 4. The van der Waals surface area contributed by atoms with Crippen LogP contribution in [0.5, 0.6) is 0 Å². The number of imidazole rings is 1. The minimum absolute atomic E-state index is 0.0239. The Bertz CT molecular complexity index is 2250. The van der Waals surface area contributed by atoms with Gasteiger partial charge in [0.15, 0.2) is 0 Å². The molecule has 4 heterocycles. The molecule has 0 bridgehead atoms. The Morgan fingerprint density at radius 1 is 0.831 bits per heavy atom. The molecule has 11 nitrogen and oxygen atoms in total. The van der Waals surface area contributed by atoms with Crippen molar-refractivity contribution in [2.24, 2.45) is 33.6 Å². The van der Waals surface area contributed by atoms with Gasteiger partial charge < -0.3 is 24.8 Å². The highest BCUT2D eigenvalue weighted by Crippen LogP contribution is 2.58. The Morgan fingerprint density at radius 3 is 1.95 bits per heavy atom. The number of nitrogens with one attached hydrogen (secondary N) is 2. The van der Waals surface area contributed by atoms with E-state index in [0.717, 1.165) is 90.1 Å². The van der Waals surface area contributed by atoms with Crippen molar-refractivity contribution in [1.82, 2.24) is 25.1 Å². The van der Waals surface area contributed by atoms with Crippen LogP contribution in [0.2, 0.25) is 0 Å². The van der Waals surface area contributed by atoms with E-state index in [1.807, 2.05) is 86.3 Å². The van der Waals surface area contributed by atoms with Gasteiger partial charge in [-0.25, -0.2) is 4.98 Å². The summed E-state index contributed by atoms with van der Waals surface area (Å²) < 4.78 is 4.93. The first-order valence-electron chi connectivity index (χ1n) is 21.2. The van der Waals surface area contributed by atoms with Crippen LogP contribution >= 0.6 is 0 Å². The number of aromatic nitrogens is 2. The lowest BCUT2D eigenvalue weighted by molar-refractivity contribution is -0.148. The first kappa shape index (κ1) is 40.3. The molecule has 3 aromatic rings. The zero-order valence-electron chi connectivity index (χ0n) is 35.1. The Morgan fingerprint density at radius 2 is 1.41 bits per heavy atom. The number of amides is 3. The van der Waals surface area contributed by atoms with E-state index < -0.39 is 12.0 Å². The number of benzene rings is 2. The number of hydrogen-bond donors (Lipinski definition) is 2. The normalized spacial score (nSPS) is 21.9. The van der Waals surface area contributed by atoms with Gasteiger partial charge >= 0.3 is 5.97 Å². The molecule has 2 unspecified atom stereocenters. The van der Waals surface area contributed by atoms with Crippen molar-refractivity contribution in [3.05, 3.63) is 83.4 Å². The molecule has 5 aliphatic rings. The number of likely N-dealkylation sites (tertiary alicyclic amines) is 2. The van der Waals surface area contributed by atoms with E-state index in [9.17, 15) is 19.2 Å². The zero-order valence-corrected chi connectivity index (χ0v) is 35.1. The van der Waals surface area contributed by atoms with Gasteiger partial charge in [-0.05, 0) is 102 Å². The van der Waals surface area contributed by atoms with Gasteiger partial charge in [-0.3, -0.25) is 24.2 Å². The summed E-state index contributed by atoms with van der Waals surface area (Å²) >= 11 is 0. The molecule has 3 aliphatic heterocycles. The Kier molecular flexibility index (Phi) is 10.9. The van der Waals surface area contributed by atoms with E-state index in [2.05, 4.69) is 34.3 Å². The summed E-state index contributed by atoms with van der Waals surface area (Å²) in [5, 5.41) is 2.88. The molecular formula is C48H56N6O5. The van der Waals surface area contributed by atoms with E-state index >= 15 is 0 Å². The molecule has 308 valence electrons. The average molecular weight is 797 g/mol. The van der Waals surface area contributed by atoms with Gasteiger partial charge in [0.1, 0.15) is 11.9 Å². The molecule has 3 amide bonds. The average Bonchev–Trinajstić information content (AvgIpc) is 3.80. The van der Waals surface area contributed by atoms with Crippen molar-refractivity contribution in [2.75, 3.05) is 20.2 Å². The van der Waals surface area contributed by atoms with E-state index in [1.165, 1.54) is 14.0 Å². The van der Waals surface area contributed by atoms with Gasteiger partial charge in [-0.15, -0.1) is 0 Å². The monoisotopic (exact) mass is 796 g/mol. The number of H-pyrrole nitrogens is 1. The Balaban J connectivity index is 0.890. The van der Waals surface area contributed by atoms with Gasteiger partial charge in [0.25, 0.3) is 0 Å². The van der Waals surface area contributed by atoms with Crippen molar-refractivity contribution in [2.45, 2.75) is 104 Å². The highest BCUT2D eigenvalue weighted by atomic mass is 16.5. The van der Waals surface area contributed by atoms with Crippen molar-refractivity contribution in [3.63, 3.8) is 0 Å². The summed E-state index contributed by atoms with van der Waals surface area (Å²) in [6.45, 7) is 10.8. The van der Waals surface area contributed by atoms with Crippen LogP contribution in [0.3, 0.4) is 0 Å². The summed E-state index contributed by atoms with van der Waals surface area (Å²) in [7, 11) is 1.37. The van der Waals surface area contributed by atoms with Gasteiger partial charge in [-0.2, -0.15) is 0 Å². The number of carbonyl (C=O) groups is 4. The van der Waals surface area contributed by atoms with Crippen LogP contribution < -0.4 is 5.32 Å². The molecule has 2 saturated carbocycles. The van der Waals surface area contributed by atoms with Crippen LogP contribution in [0.1, 0.15) is 115 Å². The largest absolute Gasteiger partial charge is 0.469 e. The fraction of sp³-hybridized carbons (Fsp3) is 0.500. The molecule has 4 fully saturated rings. The van der Waals surface area contributed by atoms with Crippen LogP contribution in [-0.2, 0) is 23.9 Å². The minimum Gasteiger partial charge on any atom is -0.469 e. The summed E-state index contributed by atoms with van der Waals surface area (Å²) in [6, 6.07) is 15.6. The number of carbonyl (C=O) groups excluding carboxylic acids is 4. The maximum atomic E-state index is 13.9. The molecule has 2 N–H and O–H groups in total. The van der Waals surface area contributed by atoms with Gasteiger partial charge in [0, 0.05) is 49.5 Å². The second-order valence-corrected chi connectivity index (χ2v) is 18.5. The van der Waals surface area contributed by atoms with Crippen LogP contribution in [0.4, 0.5) is 0 Å². The van der Waals surface area contributed by atoms with Gasteiger partial charge in [0.05, 0.1) is 43.4 Å². The highest BCUT2D eigenvalue weighted by molar-refractivity contribution is 6.03. The Labute approximate surface area is 347 Å². The van der Waals surface area contributed by atoms with E-state index in [4.69, 9.17) is 14.7 Å². The van der Waals surface area contributed by atoms with Crippen LogP contribution in [0.15, 0.2) is 65.9 Å². The van der Waals surface area contributed by atoms with E-state index in [1.54, 1.807) is 0 Å². The topological polar surface area (TPSA) is 137 Å². The number of esters is 1. The second kappa shape index (κ2) is 15.9. The molecule has 4 atom stereocenters. The zero-order chi connectivity index (χ0) is 41.6. The van der Waals surface area contributed by atoms with Crippen LogP contribution in [0.25, 0.3) is 16.8 Å². The summed E-state index contributed by atoms with van der Waals surface area (Å²) in [6.07, 6.45) is 10.9. The number of hydrogen-bond acceptors (Lipinski definition) is 7. The maximum absolute atomic E-state index is 13.9. The quantitative estimate of drug-likeness (QED) is 0.157. The molecular weight excluding hydrogens is 741 g/mol. The number of rotatable bonds is 11. The van der Waals surface area contributed by atoms with E-state index in [-0.39, 0.29) is 64.9 Å². The fourth-order valence-corrected chi connectivity index (χ4v) is 9.32. The molecule has 0 radical (unpaired) electrons. The molecule has 8 rings (SSSR count). The first-order valence-corrected chi connectivity index (χ1v) is 21.2. The number of aliphatic imine (C=N–C) groups is 1. The lowest BCUT2D eigenvalue weighted by atomic mass is 9.90. The first-order chi connectivity index (χ1) is 28.3. The van der Waals surface area contributed by atoms with Gasteiger partial charge in [0.2, 0.25) is 17.7 Å². The third kappa shape index (κ3) is 8.50. The third-order valence-corrected chi connectivity index (χ3v) is 13.4. The number of methoxy groups -OCH3 is 1. The molecule has 2 spiro atoms. The molecule has 2 aliphatic carbocycles. The standard InChI is InChI=1S/C48H56N6O5/c1-29(2)37(22-42(56)59-6)45(57)53-27-47(17-18-47)23-40(53)38-21-36(25-49-38)34-13-9-32(10-14-34)7-8-33-11-15-35(16-12-33)39-26-50-44(52-39)41-24-48(19-20-48)28-54(41)46(58)43(30(3)4)51-31(5)55/h9-16,25-26,29-30,37,40-41,43H,17-24,27-28H2,1-6H3,(H,50,52)(H,51,55)/t37-,40?,41?,43-/m0/s1. The predicted molar refractivity (Wildman–Crippen MR) is 226 cm³/mol. The second-order valence-electron chi connectivity index (χ2n) is 18.5. The molecule has 1 aromatic heterocycles. The number of allylic oxidation sites excluding steroid dienone is 1. The summed E-state index contributed by atoms with van der Waals surface area (Å²) in [4.78, 5) is 68.9. The summed E-state index contributed by atoms with van der Waals surface area (Å²) in [5.41, 5.74) is 7.26. The third-order valence-electron chi connectivity index (χ3n) is 13.4. The fourth-order valence-electron chi connectivity index (χ4n) is 9.32. The van der Waals surface area contributed by atoms with Crippen LogP contribution in [-0.4, -0.2) is 81.5 Å². The highest BCUT2D eigenvalue weighted by Gasteiger charge is 2.56. The lowest BCUT2D eigenvalue weighted by Crippen LogP contribution is -2.50. The lowest BCUT2D eigenvalue weighted by Gasteiger charge is -2.30. The molecule has 59 heavy (non-hydrogen) atoms. The molecule has 2 aromatic carbocycles. The Hall–Kier alpha value is -5.50. The van der Waals surface area contributed by atoms with Crippen molar-refractivity contribution in [3.8, 4) is 23.1 Å². The van der Waals surface area contributed by atoms with E-state index in [0.29, 0.717) is 13.0 Å².